The third-order valence-electron chi connectivity index (χ3n) is 6.05. The summed E-state index contributed by atoms with van der Waals surface area (Å²) in [5.41, 5.74) is 4.86. The van der Waals surface area contributed by atoms with Crippen molar-refractivity contribution in [1.82, 2.24) is 5.32 Å². The van der Waals surface area contributed by atoms with Crippen LogP contribution < -0.4 is 19.5 Å². The van der Waals surface area contributed by atoms with Gasteiger partial charge in [0.1, 0.15) is 17.1 Å². The topological polar surface area (TPSA) is 135 Å². The Hall–Kier alpha value is -3.46. The van der Waals surface area contributed by atoms with Gasteiger partial charge in [0, 0.05) is 18.7 Å². The van der Waals surface area contributed by atoms with Crippen LogP contribution in [0.15, 0.2) is 18.2 Å². The molecule has 1 atom stereocenters. The van der Waals surface area contributed by atoms with E-state index in [-0.39, 0.29) is 5.60 Å². The lowest BCUT2D eigenvalue weighted by Gasteiger charge is -2.38. The summed E-state index contributed by atoms with van der Waals surface area (Å²) in [6, 6.07) is 5.95. The van der Waals surface area contributed by atoms with Gasteiger partial charge in [-0.2, -0.15) is 0 Å². The molecule has 0 amide bonds. The first kappa shape index (κ1) is 26.8. The van der Waals surface area contributed by atoms with Crippen LogP contribution in [-0.2, 0) is 22.6 Å². The van der Waals surface area contributed by atoms with Crippen molar-refractivity contribution < 1.29 is 39.1 Å². The molecular weight excluding hydrogens is 442 g/mol. The Labute approximate surface area is 199 Å². The number of methoxy groups -OCH3 is 2. The molecule has 1 aliphatic heterocycles. The molecule has 4 N–H and O–H groups in total. The molecule has 1 heterocycles. The van der Waals surface area contributed by atoms with Gasteiger partial charge >= 0.3 is 11.9 Å². The van der Waals surface area contributed by atoms with Crippen molar-refractivity contribution in [2.45, 2.75) is 52.7 Å². The van der Waals surface area contributed by atoms with E-state index < -0.39 is 11.9 Å². The van der Waals surface area contributed by atoms with E-state index in [1.165, 1.54) is 0 Å². The predicted molar refractivity (Wildman–Crippen MR) is 126 cm³/mol. The second kappa shape index (κ2) is 11.1. The molecule has 2 aromatic rings. The van der Waals surface area contributed by atoms with Gasteiger partial charge in [0.25, 0.3) is 0 Å². The average molecular weight is 476 g/mol. The molecule has 3 rings (SSSR count). The molecule has 34 heavy (non-hydrogen) atoms. The van der Waals surface area contributed by atoms with Crippen molar-refractivity contribution in [2.75, 3.05) is 20.8 Å². The predicted octanol–water partition coefficient (Wildman–Crippen LogP) is 3.36. The van der Waals surface area contributed by atoms with Crippen molar-refractivity contribution in [3.8, 4) is 23.0 Å². The highest BCUT2D eigenvalue weighted by Crippen LogP contribution is 2.43. The SMILES string of the molecule is COc1ccc(CNCC2(C)CCc3c(C)c(O)c(C)c(C)c3O2)cc1OC.O=C(O)C(=O)O. The molecule has 0 saturated heterocycles. The van der Waals surface area contributed by atoms with E-state index in [1.54, 1.807) is 14.2 Å². The zero-order valence-electron chi connectivity index (χ0n) is 20.4. The molecule has 9 nitrogen and oxygen atoms in total. The highest BCUT2D eigenvalue weighted by Gasteiger charge is 2.34. The average Bonchev–Trinajstić information content (AvgIpc) is 2.81. The molecule has 0 fully saturated rings. The number of aromatic hydroxyl groups is 1. The summed E-state index contributed by atoms with van der Waals surface area (Å²) in [7, 11) is 3.29. The molecular formula is C25H33NO8. The van der Waals surface area contributed by atoms with Crippen molar-refractivity contribution in [2.24, 2.45) is 0 Å². The van der Waals surface area contributed by atoms with E-state index >= 15 is 0 Å². The smallest absolute Gasteiger partial charge is 0.414 e. The first-order valence-electron chi connectivity index (χ1n) is 10.8. The van der Waals surface area contributed by atoms with Gasteiger partial charge in [-0.05, 0) is 74.9 Å². The molecule has 0 spiro atoms. The van der Waals surface area contributed by atoms with E-state index in [4.69, 9.17) is 34.0 Å². The Morgan fingerprint density at radius 1 is 1.03 bits per heavy atom. The Bertz CT molecular complexity index is 1050. The van der Waals surface area contributed by atoms with Gasteiger partial charge in [0.05, 0.1) is 14.2 Å². The second-order valence-corrected chi connectivity index (χ2v) is 8.49. The number of carboxylic acid groups (broad SMARTS) is 2. The maximum absolute atomic E-state index is 10.3. The second-order valence-electron chi connectivity index (χ2n) is 8.49. The molecule has 2 aromatic carbocycles. The third kappa shape index (κ3) is 6.11. The number of ether oxygens (including phenoxy) is 3. The Balaban J connectivity index is 0.000000604. The molecule has 0 aromatic heterocycles. The summed E-state index contributed by atoms with van der Waals surface area (Å²) in [5, 5.41) is 28.6. The van der Waals surface area contributed by atoms with Crippen LogP contribution in [0.4, 0.5) is 0 Å². The first-order valence-corrected chi connectivity index (χ1v) is 10.8. The number of rotatable bonds is 6. The van der Waals surface area contributed by atoms with Crippen molar-refractivity contribution in [3.63, 3.8) is 0 Å². The minimum absolute atomic E-state index is 0.288. The minimum Gasteiger partial charge on any atom is -0.507 e. The minimum atomic E-state index is -1.82. The van der Waals surface area contributed by atoms with E-state index in [0.29, 0.717) is 5.75 Å². The van der Waals surface area contributed by atoms with Crippen LogP contribution in [0, 0.1) is 20.8 Å². The summed E-state index contributed by atoms with van der Waals surface area (Å²) in [6.45, 7) is 9.55. The number of hydrogen-bond donors (Lipinski definition) is 4. The van der Waals surface area contributed by atoms with Gasteiger partial charge in [-0.1, -0.05) is 6.07 Å². The van der Waals surface area contributed by atoms with Gasteiger partial charge in [-0.3, -0.25) is 0 Å². The molecule has 9 heteroatoms. The van der Waals surface area contributed by atoms with Gasteiger partial charge in [-0.15, -0.1) is 0 Å². The van der Waals surface area contributed by atoms with Crippen molar-refractivity contribution in [1.29, 1.82) is 0 Å². The lowest BCUT2D eigenvalue weighted by molar-refractivity contribution is -0.159. The van der Waals surface area contributed by atoms with Crippen LogP contribution in [0.3, 0.4) is 0 Å². The van der Waals surface area contributed by atoms with Gasteiger partial charge in [0.15, 0.2) is 11.5 Å². The number of nitrogens with one attached hydrogen (secondary N) is 1. The molecule has 0 bridgehead atoms. The summed E-state index contributed by atoms with van der Waals surface area (Å²) in [5.74, 6) is -0.846. The molecule has 0 aliphatic carbocycles. The van der Waals surface area contributed by atoms with Crippen LogP contribution in [0.1, 0.15) is 41.2 Å². The van der Waals surface area contributed by atoms with E-state index in [2.05, 4.69) is 12.2 Å². The van der Waals surface area contributed by atoms with E-state index in [1.807, 2.05) is 39.0 Å². The molecule has 0 saturated carbocycles. The summed E-state index contributed by atoms with van der Waals surface area (Å²) >= 11 is 0. The Morgan fingerprint density at radius 3 is 2.21 bits per heavy atom. The van der Waals surface area contributed by atoms with Crippen molar-refractivity contribution in [3.05, 3.63) is 46.0 Å². The number of benzene rings is 2. The number of carboxylic acids is 2. The van der Waals surface area contributed by atoms with Crippen molar-refractivity contribution >= 4 is 11.9 Å². The third-order valence-corrected chi connectivity index (χ3v) is 6.05. The molecule has 0 radical (unpaired) electrons. The summed E-state index contributed by atoms with van der Waals surface area (Å²) < 4.78 is 17.1. The highest BCUT2D eigenvalue weighted by atomic mass is 16.5. The lowest BCUT2D eigenvalue weighted by atomic mass is 9.87. The highest BCUT2D eigenvalue weighted by molar-refractivity contribution is 6.27. The largest absolute Gasteiger partial charge is 0.507 e. The number of carbonyl (C=O) groups is 2. The number of aliphatic carboxylic acids is 2. The zero-order chi connectivity index (χ0) is 25.6. The van der Waals surface area contributed by atoms with Crippen LogP contribution in [0.5, 0.6) is 23.0 Å². The molecule has 1 unspecified atom stereocenters. The molecule has 1 aliphatic rings. The number of hydrogen-bond acceptors (Lipinski definition) is 7. The van der Waals surface area contributed by atoms with Gasteiger partial charge in [0.2, 0.25) is 0 Å². The van der Waals surface area contributed by atoms with Crippen LogP contribution in [0.2, 0.25) is 0 Å². The first-order chi connectivity index (χ1) is 15.9. The van der Waals surface area contributed by atoms with Crippen LogP contribution in [-0.4, -0.2) is 53.6 Å². The fraction of sp³-hybridized carbons (Fsp3) is 0.440. The summed E-state index contributed by atoms with van der Waals surface area (Å²) in [6.07, 6.45) is 1.81. The quantitative estimate of drug-likeness (QED) is 0.464. The Morgan fingerprint density at radius 2 is 1.65 bits per heavy atom. The number of phenols is 1. The van der Waals surface area contributed by atoms with Crippen LogP contribution in [0.25, 0.3) is 0 Å². The normalized spacial score (nSPS) is 16.4. The number of phenolic OH excluding ortho intramolecular Hbond substituents is 1. The van der Waals surface area contributed by atoms with Gasteiger partial charge in [-0.25, -0.2) is 9.59 Å². The van der Waals surface area contributed by atoms with E-state index in [9.17, 15) is 5.11 Å². The fourth-order valence-corrected chi connectivity index (χ4v) is 3.88. The van der Waals surface area contributed by atoms with E-state index in [0.717, 1.165) is 71.0 Å². The monoisotopic (exact) mass is 475 g/mol. The standard InChI is InChI=1S/C23H31NO4.C2H2O4/c1-14-15(2)22-18(16(3)21(14)25)9-10-23(4,28-22)13-24-12-17-7-8-19(26-5)20(11-17)27-6;3-1(4)2(5)6/h7-8,11,24-25H,9-10,12-13H2,1-6H3;(H,3,4)(H,5,6). The maximum atomic E-state index is 10.3. The van der Waals surface area contributed by atoms with Gasteiger partial charge < -0.3 is 34.8 Å². The lowest BCUT2D eigenvalue weighted by Crippen LogP contribution is -2.45. The fourth-order valence-electron chi connectivity index (χ4n) is 3.88. The molecule has 186 valence electrons. The maximum Gasteiger partial charge on any atom is 0.414 e. The number of fused-ring (bicyclic) bond motifs is 1. The zero-order valence-corrected chi connectivity index (χ0v) is 20.4. The van der Waals surface area contributed by atoms with Crippen LogP contribution >= 0.6 is 0 Å². The Kier molecular flexibility index (Phi) is 8.75. The summed E-state index contributed by atoms with van der Waals surface area (Å²) in [4.78, 5) is 18.2.